The SMILES string of the molecule is CCCCC/C=C/C/C=C/CCCCCCCC(=O)OCCCCCCCCCCCCCCCCCCCCCCCCCCCCCC(=O)NC(CO)C(O)C(O)CCCCCCCCCCCCCC. The van der Waals surface area contributed by atoms with Crippen molar-refractivity contribution in [2.45, 2.75) is 372 Å². The van der Waals surface area contributed by atoms with Gasteiger partial charge in [-0.1, -0.05) is 308 Å². The van der Waals surface area contributed by atoms with E-state index >= 15 is 0 Å². The van der Waals surface area contributed by atoms with Gasteiger partial charge < -0.3 is 25.4 Å². The molecular formula is C66H127NO6. The van der Waals surface area contributed by atoms with Gasteiger partial charge in [-0.05, 0) is 57.8 Å². The smallest absolute Gasteiger partial charge is 0.305 e. The quantitative estimate of drug-likeness (QED) is 0.0274. The summed E-state index contributed by atoms with van der Waals surface area (Å²) in [6.45, 7) is 4.75. The van der Waals surface area contributed by atoms with Gasteiger partial charge in [0.15, 0.2) is 0 Å². The fourth-order valence-electron chi connectivity index (χ4n) is 10.3. The van der Waals surface area contributed by atoms with Crippen LogP contribution in [0.25, 0.3) is 0 Å². The molecule has 7 nitrogen and oxygen atoms in total. The molecule has 0 aromatic heterocycles. The molecule has 1 amide bonds. The van der Waals surface area contributed by atoms with Gasteiger partial charge in [0.1, 0.15) is 6.10 Å². The van der Waals surface area contributed by atoms with E-state index in [4.69, 9.17) is 4.74 Å². The van der Waals surface area contributed by atoms with Crippen LogP contribution >= 0.6 is 0 Å². The fourth-order valence-corrected chi connectivity index (χ4v) is 10.3. The van der Waals surface area contributed by atoms with Gasteiger partial charge in [-0.25, -0.2) is 0 Å². The molecule has 0 aliphatic heterocycles. The van der Waals surface area contributed by atoms with Crippen molar-refractivity contribution in [1.29, 1.82) is 0 Å². The van der Waals surface area contributed by atoms with Gasteiger partial charge in [0.2, 0.25) is 5.91 Å². The van der Waals surface area contributed by atoms with Crippen molar-refractivity contribution in [2.75, 3.05) is 13.2 Å². The molecule has 0 fully saturated rings. The van der Waals surface area contributed by atoms with Crippen molar-refractivity contribution in [3.63, 3.8) is 0 Å². The first-order valence-electron chi connectivity index (χ1n) is 32.7. The second-order valence-electron chi connectivity index (χ2n) is 22.6. The summed E-state index contributed by atoms with van der Waals surface area (Å²) in [6.07, 6.45) is 72.3. The largest absolute Gasteiger partial charge is 0.466 e. The Hall–Kier alpha value is -1.70. The van der Waals surface area contributed by atoms with Crippen molar-refractivity contribution in [2.24, 2.45) is 0 Å². The Balaban J connectivity index is 3.38. The second kappa shape index (κ2) is 61.2. The van der Waals surface area contributed by atoms with Crippen LogP contribution in [-0.4, -0.2) is 58.7 Å². The molecule has 0 bridgehead atoms. The number of nitrogens with one attached hydrogen (secondary N) is 1. The maximum atomic E-state index is 12.5. The number of carbonyl (C=O) groups excluding carboxylic acids is 2. The first-order valence-corrected chi connectivity index (χ1v) is 32.7. The summed E-state index contributed by atoms with van der Waals surface area (Å²) < 4.78 is 5.48. The predicted octanol–water partition coefficient (Wildman–Crippen LogP) is 19.6. The Kier molecular flexibility index (Phi) is 59.7. The third kappa shape index (κ3) is 56.3. The predicted molar refractivity (Wildman–Crippen MR) is 316 cm³/mol. The van der Waals surface area contributed by atoms with Crippen LogP contribution < -0.4 is 5.32 Å². The molecule has 0 radical (unpaired) electrons. The minimum Gasteiger partial charge on any atom is -0.466 e. The number of aliphatic hydroxyl groups is 3. The highest BCUT2D eigenvalue weighted by atomic mass is 16.5. The highest BCUT2D eigenvalue weighted by molar-refractivity contribution is 5.76. The monoisotopic (exact) mass is 1030 g/mol. The zero-order valence-corrected chi connectivity index (χ0v) is 49.0. The minimum absolute atomic E-state index is 0.00137. The van der Waals surface area contributed by atoms with E-state index in [9.17, 15) is 24.9 Å². The van der Waals surface area contributed by atoms with Crippen LogP contribution in [0.3, 0.4) is 0 Å². The molecule has 0 aromatic rings. The third-order valence-corrected chi connectivity index (χ3v) is 15.3. The van der Waals surface area contributed by atoms with Gasteiger partial charge in [-0.3, -0.25) is 9.59 Å². The molecule has 0 spiro atoms. The summed E-state index contributed by atoms with van der Waals surface area (Å²) in [7, 11) is 0. The molecule has 4 N–H and O–H groups in total. The highest BCUT2D eigenvalue weighted by Gasteiger charge is 2.26. The van der Waals surface area contributed by atoms with E-state index < -0.39 is 18.2 Å². The number of unbranched alkanes of at least 4 members (excludes halogenated alkanes) is 45. The normalized spacial score (nSPS) is 13.1. The number of hydrogen-bond donors (Lipinski definition) is 4. The molecule has 3 unspecified atom stereocenters. The molecule has 0 saturated carbocycles. The topological polar surface area (TPSA) is 116 Å². The Morgan fingerprint density at radius 2 is 0.712 bits per heavy atom. The molecule has 432 valence electrons. The molecule has 0 rings (SSSR count). The number of ether oxygens (including phenoxy) is 1. The van der Waals surface area contributed by atoms with Crippen LogP contribution in [0, 0.1) is 0 Å². The first kappa shape index (κ1) is 71.3. The van der Waals surface area contributed by atoms with Gasteiger partial charge in [0, 0.05) is 12.8 Å². The molecule has 3 atom stereocenters. The first-order chi connectivity index (χ1) is 36.0. The van der Waals surface area contributed by atoms with E-state index in [0.29, 0.717) is 25.9 Å². The van der Waals surface area contributed by atoms with Gasteiger partial charge >= 0.3 is 5.97 Å². The molecule has 0 heterocycles. The summed E-state index contributed by atoms with van der Waals surface area (Å²) in [5.74, 6) is -0.143. The highest BCUT2D eigenvalue weighted by Crippen LogP contribution is 2.19. The van der Waals surface area contributed by atoms with Crippen LogP contribution in [0.4, 0.5) is 0 Å². The van der Waals surface area contributed by atoms with E-state index in [1.54, 1.807) is 0 Å². The van der Waals surface area contributed by atoms with Crippen molar-refractivity contribution in [3.8, 4) is 0 Å². The summed E-state index contributed by atoms with van der Waals surface area (Å²) in [5.41, 5.74) is 0. The van der Waals surface area contributed by atoms with Crippen molar-refractivity contribution in [3.05, 3.63) is 24.3 Å². The Labute approximate surface area is 454 Å². The lowest BCUT2D eigenvalue weighted by Gasteiger charge is -2.26. The number of allylic oxidation sites excluding steroid dienone is 4. The Bertz CT molecular complexity index is 1160. The maximum absolute atomic E-state index is 12.5. The fraction of sp³-hybridized carbons (Fsp3) is 0.909. The zero-order valence-electron chi connectivity index (χ0n) is 49.0. The van der Waals surface area contributed by atoms with E-state index in [2.05, 4.69) is 43.5 Å². The van der Waals surface area contributed by atoms with Crippen LogP contribution in [0.5, 0.6) is 0 Å². The van der Waals surface area contributed by atoms with Crippen molar-refractivity contribution >= 4 is 11.9 Å². The third-order valence-electron chi connectivity index (χ3n) is 15.3. The number of carbonyl (C=O) groups is 2. The van der Waals surface area contributed by atoms with E-state index in [1.807, 2.05) is 0 Å². The Morgan fingerprint density at radius 3 is 1.11 bits per heavy atom. The Morgan fingerprint density at radius 1 is 0.397 bits per heavy atom. The lowest BCUT2D eigenvalue weighted by atomic mass is 9.99. The lowest BCUT2D eigenvalue weighted by Crippen LogP contribution is -2.50. The zero-order chi connectivity index (χ0) is 53.0. The molecule has 0 aliphatic carbocycles. The molecule has 73 heavy (non-hydrogen) atoms. The van der Waals surface area contributed by atoms with Gasteiger partial charge in [0.05, 0.1) is 25.4 Å². The number of rotatable bonds is 61. The van der Waals surface area contributed by atoms with E-state index in [-0.39, 0.29) is 18.5 Å². The van der Waals surface area contributed by atoms with Crippen molar-refractivity contribution in [1.82, 2.24) is 5.32 Å². The lowest BCUT2D eigenvalue weighted by molar-refractivity contribution is -0.143. The maximum Gasteiger partial charge on any atom is 0.305 e. The van der Waals surface area contributed by atoms with Crippen molar-refractivity contribution < 1.29 is 29.6 Å². The summed E-state index contributed by atoms with van der Waals surface area (Å²) in [5, 5.41) is 33.7. The molecular weight excluding hydrogens is 903 g/mol. The number of amides is 1. The van der Waals surface area contributed by atoms with Crippen LogP contribution in [0.15, 0.2) is 24.3 Å². The molecule has 7 heteroatoms. The van der Waals surface area contributed by atoms with E-state index in [1.165, 1.54) is 257 Å². The molecule has 0 aromatic carbocycles. The van der Waals surface area contributed by atoms with Crippen LogP contribution in [-0.2, 0) is 14.3 Å². The summed E-state index contributed by atoms with van der Waals surface area (Å²) >= 11 is 0. The summed E-state index contributed by atoms with van der Waals surface area (Å²) in [4.78, 5) is 24.6. The average Bonchev–Trinajstić information content (AvgIpc) is 3.39. The second-order valence-corrected chi connectivity index (χ2v) is 22.6. The van der Waals surface area contributed by atoms with E-state index in [0.717, 1.165) is 64.2 Å². The van der Waals surface area contributed by atoms with Gasteiger partial charge in [0.25, 0.3) is 0 Å². The molecule has 0 saturated heterocycles. The summed E-state index contributed by atoms with van der Waals surface area (Å²) in [6, 6.07) is -0.811. The standard InChI is InChI=1S/C66H127NO6/c1-3-5-7-9-11-13-15-17-31-35-39-43-47-51-55-59-65(71)73-60-56-52-48-44-40-36-33-30-28-26-24-22-20-18-19-21-23-25-27-29-32-34-38-42-46-50-54-58-64(70)67-62(61-68)66(72)63(69)57-53-49-45-41-37-16-14-12-10-8-6-4-2/h11,13,17,31,62-63,66,68-69,72H,3-10,12,14-16,18-30,32-61H2,1-2H3,(H,67,70)/b13-11+,31-17+. The van der Waals surface area contributed by atoms with Gasteiger partial charge in [-0.2, -0.15) is 0 Å². The minimum atomic E-state index is -1.14. The van der Waals surface area contributed by atoms with Gasteiger partial charge in [-0.15, -0.1) is 0 Å². The average molecular weight is 1030 g/mol. The number of aliphatic hydroxyl groups excluding tert-OH is 3. The number of esters is 1. The number of hydrogen-bond acceptors (Lipinski definition) is 6. The van der Waals surface area contributed by atoms with Crippen LogP contribution in [0.1, 0.15) is 354 Å². The van der Waals surface area contributed by atoms with Crippen LogP contribution in [0.2, 0.25) is 0 Å². The molecule has 0 aliphatic rings.